The van der Waals surface area contributed by atoms with Crippen LogP contribution in [-0.4, -0.2) is 61.6 Å². The molecule has 1 aliphatic rings. The Morgan fingerprint density at radius 3 is 2.71 bits per heavy atom. The minimum atomic E-state index is -0.579. The van der Waals surface area contributed by atoms with Gasteiger partial charge in [-0.25, -0.2) is 9.18 Å². The second-order valence-electron chi connectivity index (χ2n) is 5.75. The van der Waals surface area contributed by atoms with Crippen LogP contribution in [0.1, 0.15) is 19.3 Å². The number of halogens is 1. The Hall–Kier alpha value is -1.86. The fraction of sp³-hybridized carbons (Fsp3) is 0.588. The quantitative estimate of drug-likeness (QED) is 0.708. The number of benzene rings is 1. The third kappa shape index (κ3) is 6.72. The average molecular weight is 340 g/mol. The van der Waals surface area contributed by atoms with Gasteiger partial charge in [-0.05, 0) is 43.5 Å². The van der Waals surface area contributed by atoms with Gasteiger partial charge in [0, 0.05) is 19.6 Å². The molecule has 1 atom stereocenters. The summed E-state index contributed by atoms with van der Waals surface area (Å²) in [5, 5.41) is 12.7. The third-order valence-corrected chi connectivity index (χ3v) is 3.79. The first-order valence-corrected chi connectivity index (χ1v) is 8.32. The normalized spacial score (nSPS) is 15.8. The predicted octanol–water partition coefficient (Wildman–Crippen LogP) is 1.78. The number of rotatable bonds is 8. The van der Waals surface area contributed by atoms with E-state index in [2.05, 4.69) is 5.32 Å². The van der Waals surface area contributed by atoms with Gasteiger partial charge in [-0.3, -0.25) is 0 Å². The maximum Gasteiger partial charge on any atom is 0.317 e. The number of ether oxygens (including phenoxy) is 2. The standard InChI is InChI=1S/C17H25FN2O4/c18-14-4-6-16(7-5-14)24-13-15(21)3-1-2-8-19-17(22)20-9-11-23-12-10-20/h4-7,15,21H,1-3,8-13H2,(H,19,22)/t15-/m0/s1. The highest BCUT2D eigenvalue weighted by Crippen LogP contribution is 2.12. The van der Waals surface area contributed by atoms with Gasteiger partial charge in [-0.15, -0.1) is 0 Å². The van der Waals surface area contributed by atoms with E-state index in [-0.39, 0.29) is 18.5 Å². The van der Waals surface area contributed by atoms with Crippen LogP contribution in [-0.2, 0) is 4.74 Å². The fourth-order valence-electron chi connectivity index (χ4n) is 2.39. The Labute approximate surface area is 141 Å². The van der Waals surface area contributed by atoms with E-state index in [4.69, 9.17) is 9.47 Å². The highest BCUT2D eigenvalue weighted by Gasteiger charge is 2.15. The number of hydrogen-bond donors (Lipinski definition) is 2. The lowest BCUT2D eigenvalue weighted by molar-refractivity contribution is 0.0532. The zero-order chi connectivity index (χ0) is 17.2. The smallest absolute Gasteiger partial charge is 0.317 e. The van der Waals surface area contributed by atoms with Crippen LogP contribution in [0.3, 0.4) is 0 Å². The number of urea groups is 1. The van der Waals surface area contributed by atoms with Crippen LogP contribution in [0.2, 0.25) is 0 Å². The molecule has 1 aliphatic heterocycles. The van der Waals surface area contributed by atoms with Crippen molar-refractivity contribution in [3.63, 3.8) is 0 Å². The molecule has 2 amide bonds. The molecule has 0 aromatic heterocycles. The second kappa shape index (κ2) is 10.1. The lowest BCUT2D eigenvalue weighted by Gasteiger charge is -2.26. The molecule has 24 heavy (non-hydrogen) atoms. The molecule has 1 aromatic carbocycles. The molecule has 1 fully saturated rings. The maximum atomic E-state index is 12.8. The van der Waals surface area contributed by atoms with Crippen LogP contribution >= 0.6 is 0 Å². The Balaban J connectivity index is 1.50. The van der Waals surface area contributed by atoms with Crippen LogP contribution in [0.4, 0.5) is 9.18 Å². The van der Waals surface area contributed by atoms with Crippen molar-refractivity contribution in [2.24, 2.45) is 0 Å². The molecule has 2 N–H and O–H groups in total. The molecule has 0 unspecified atom stereocenters. The summed E-state index contributed by atoms with van der Waals surface area (Å²) >= 11 is 0. The Bertz CT molecular complexity index is 492. The van der Waals surface area contributed by atoms with Gasteiger partial charge in [0.15, 0.2) is 0 Å². The van der Waals surface area contributed by atoms with Crippen molar-refractivity contribution in [2.45, 2.75) is 25.4 Å². The SMILES string of the molecule is O=C(NCCCC[C@H](O)COc1ccc(F)cc1)N1CCOCC1. The molecule has 134 valence electrons. The zero-order valence-corrected chi connectivity index (χ0v) is 13.7. The summed E-state index contributed by atoms with van der Waals surface area (Å²) in [6.45, 7) is 3.20. The summed E-state index contributed by atoms with van der Waals surface area (Å²) in [4.78, 5) is 13.6. The van der Waals surface area contributed by atoms with Crippen molar-refractivity contribution < 1.29 is 23.8 Å². The maximum absolute atomic E-state index is 12.8. The molecule has 1 saturated heterocycles. The average Bonchev–Trinajstić information content (AvgIpc) is 2.61. The van der Waals surface area contributed by atoms with Crippen molar-refractivity contribution >= 4 is 6.03 Å². The number of nitrogens with one attached hydrogen (secondary N) is 1. The number of morpholine rings is 1. The molecule has 1 heterocycles. The first-order chi connectivity index (χ1) is 11.6. The first-order valence-electron chi connectivity index (χ1n) is 8.32. The van der Waals surface area contributed by atoms with E-state index in [1.165, 1.54) is 24.3 Å². The topological polar surface area (TPSA) is 71.0 Å². The van der Waals surface area contributed by atoms with Gasteiger partial charge < -0.3 is 24.8 Å². The van der Waals surface area contributed by atoms with E-state index in [0.29, 0.717) is 45.0 Å². The van der Waals surface area contributed by atoms with E-state index in [1.807, 2.05) is 0 Å². The van der Waals surface area contributed by atoms with Crippen LogP contribution in [0.25, 0.3) is 0 Å². The zero-order valence-electron chi connectivity index (χ0n) is 13.7. The number of aliphatic hydroxyl groups excluding tert-OH is 1. The van der Waals surface area contributed by atoms with Gasteiger partial charge in [0.1, 0.15) is 18.2 Å². The molecule has 0 saturated carbocycles. The summed E-state index contributed by atoms with van der Waals surface area (Å²) in [7, 11) is 0. The van der Waals surface area contributed by atoms with Crippen molar-refractivity contribution in [3.05, 3.63) is 30.1 Å². The summed E-state index contributed by atoms with van der Waals surface area (Å²) in [5.41, 5.74) is 0. The highest BCUT2D eigenvalue weighted by atomic mass is 19.1. The monoisotopic (exact) mass is 340 g/mol. The lowest BCUT2D eigenvalue weighted by atomic mass is 10.1. The van der Waals surface area contributed by atoms with Gasteiger partial charge in [-0.2, -0.15) is 0 Å². The van der Waals surface area contributed by atoms with Crippen LogP contribution in [0.15, 0.2) is 24.3 Å². The molecule has 7 heteroatoms. The van der Waals surface area contributed by atoms with Crippen LogP contribution in [0, 0.1) is 5.82 Å². The Kier molecular flexibility index (Phi) is 7.77. The fourth-order valence-corrected chi connectivity index (χ4v) is 2.39. The number of carbonyl (C=O) groups is 1. The largest absolute Gasteiger partial charge is 0.491 e. The summed E-state index contributed by atoms with van der Waals surface area (Å²) in [5.74, 6) is 0.218. The number of aliphatic hydroxyl groups is 1. The molecular weight excluding hydrogens is 315 g/mol. The number of amides is 2. The minimum absolute atomic E-state index is 0.0570. The van der Waals surface area contributed by atoms with E-state index in [1.54, 1.807) is 4.90 Å². The molecule has 2 rings (SSSR count). The Morgan fingerprint density at radius 2 is 2.00 bits per heavy atom. The molecule has 0 spiro atoms. The van der Waals surface area contributed by atoms with E-state index in [0.717, 1.165) is 12.8 Å². The predicted molar refractivity (Wildman–Crippen MR) is 87.5 cm³/mol. The van der Waals surface area contributed by atoms with E-state index in [9.17, 15) is 14.3 Å². The summed E-state index contributed by atoms with van der Waals surface area (Å²) < 4.78 is 23.3. The third-order valence-electron chi connectivity index (χ3n) is 3.79. The van der Waals surface area contributed by atoms with E-state index >= 15 is 0 Å². The highest BCUT2D eigenvalue weighted by molar-refractivity contribution is 5.74. The van der Waals surface area contributed by atoms with Crippen molar-refractivity contribution in [1.82, 2.24) is 10.2 Å². The minimum Gasteiger partial charge on any atom is -0.491 e. The van der Waals surface area contributed by atoms with Crippen molar-refractivity contribution in [2.75, 3.05) is 39.5 Å². The van der Waals surface area contributed by atoms with Crippen LogP contribution in [0.5, 0.6) is 5.75 Å². The molecule has 6 nitrogen and oxygen atoms in total. The molecular formula is C17H25FN2O4. The lowest BCUT2D eigenvalue weighted by Crippen LogP contribution is -2.46. The Morgan fingerprint density at radius 1 is 1.29 bits per heavy atom. The van der Waals surface area contributed by atoms with Gasteiger partial charge in [0.25, 0.3) is 0 Å². The molecule has 0 radical (unpaired) electrons. The molecule has 0 aliphatic carbocycles. The first kappa shape index (κ1) is 18.5. The van der Waals surface area contributed by atoms with Crippen LogP contribution < -0.4 is 10.1 Å². The number of nitrogens with zero attached hydrogens (tertiary/aromatic N) is 1. The second-order valence-corrected chi connectivity index (χ2v) is 5.75. The summed E-state index contributed by atoms with van der Waals surface area (Å²) in [6, 6.07) is 5.64. The molecule has 1 aromatic rings. The number of unbranched alkanes of at least 4 members (excludes halogenated alkanes) is 1. The van der Waals surface area contributed by atoms with Gasteiger partial charge >= 0.3 is 6.03 Å². The van der Waals surface area contributed by atoms with Crippen molar-refractivity contribution in [1.29, 1.82) is 0 Å². The van der Waals surface area contributed by atoms with E-state index < -0.39 is 6.10 Å². The van der Waals surface area contributed by atoms with Gasteiger partial charge in [0.05, 0.1) is 19.3 Å². The van der Waals surface area contributed by atoms with Crippen molar-refractivity contribution in [3.8, 4) is 5.75 Å². The summed E-state index contributed by atoms with van der Waals surface area (Å²) in [6.07, 6.45) is 1.60. The number of hydrogen-bond acceptors (Lipinski definition) is 4. The van der Waals surface area contributed by atoms with Gasteiger partial charge in [-0.1, -0.05) is 0 Å². The number of carbonyl (C=O) groups excluding carboxylic acids is 1. The molecule has 0 bridgehead atoms. The van der Waals surface area contributed by atoms with Gasteiger partial charge in [0.2, 0.25) is 0 Å².